The first-order chi connectivity index (χ1) is 14.1. The molecule has 0 radical (unpaired) electrons. The number of aliphatic carboxylic acids is 1. The molecule has 7 heteroatoms. The SMILES string of the molecule is CC[C@H](C)C(=O)O[C@@H]1C[C@@H](C)C=C2C=C[C@H](C)[C@H](CC[C@@H](O)C[C@H](O)CC(=O)[O-])[C@@H]21.[Na+]. The third kappa shape index (κ3) is 8.32. The van der Waals surface area contributed by atoms with E-state index in [1.807, 2.05) is 13.8 Å². The number of rotatable bonds is 10. The first-order valence-corrected chi connectivity index (χ1v) is 11.3. The quantitative estimate of drug-likeness (QED) is 0.344. The molecular weight excluding hydrogens is 407 g/mol. The van der Waals surface area contributed by atoms with E-state index >= 15 is 0 Å². The van der Waals surface area contributed by atoms with Gasteiger partial charge in [0.15, 0.2) is 0 Å². The average Bonchev–Trinajstić information content (AvgIpc) is 2.65. The van der Waals surface area contributed by atoms with E-state index in [4.69, 9.17) is 4.74 Å². The number of hydrogen-bond donors (Lipinski definition) is 2. The molecule has 0 amide bonds. The van der Waals surface area contributed by atoms with E-state index in [-0.39, 0.29) is 71.7 Å². The Kier molecular flexibility index (Phi) is 12.0. The second-order valence-corrected chi connectivity index (χ2v) is 9.27. The van der Waals surface area contributed by atoms with Gasteiger partial charge in [-0.2, -0.15) is 0 Å². The number of fused-ring (bicyclic) bond motifs is 1. The zero-order chi connectivity index (χ0) is 22.4. The van der Waals surface area contributed by atoms with Gasteiger partial charge in [0.2, 0.25) is 0 Å². The smallest absolute Gasteiger partial charge is 0.550 e. The molecule has 0 aromatic rings. The molecule has 0 unspecified atom stereocenters. The van der Waals surface area contributed by atoms with Gasteiger partial charge in [-0.3, -0.25) is 4.79 Å². The number of carbonyl (C=O) groups excluding carboxylic acids is 2. The van der Waals surface area contributed by atoms with Gasteiger partial charge in [0.25, 0.3) is 0 Å². The largest absolute Gasteiger partial charge is 1.00 e. The minimum atomic E-state index is -1.32. The van der Waals surface area contributed by atoms with Crippen LogP contribution in [0.3, 0.4) is 0 Å². The molecule has 0 bridgehead atoms. The van der Waals surface area contributed by atoms with E-state index in [0.29, 0.717) is 18.8 Å². The van der Waals surface area contributed by atoms with E-state index < -0.39 is 24.6 Å². The summed E-state index contributed by atoms with van der Waals surface area (Å²) in [7, 11) is 0. The van der Waals surface area contributed by atoms with Crippen LogP contribution in [0.15, 0.2) is 23.8 Å². The summed E-state index contributed by atoms with van der Waals surface area (Å²) < 4.78 is 5.99. The summed E-state index contributed by atoms with van der Waals surface area (Å²) in [6, 6.07) is 0. The molecule has 0 saturated carbocycles. The number of carboxylic acids is 1. The molecule has 0 aromatic carbocycles. The van der Waals surface area contributed by atoms with Crippen molar-refractivity contribution in [2.24, 2.45) is 29.6 Å². The maximum absolute atomic E-state index is 12.5. The summed E-state index contributed by atoms with van der Waals surface area (Å²) in [6.07, 6.45) is 6.75. The molecule has 2 rings (SSSR count). The van der Waals surface area contributed by atoms with E-state index in [9.17, 15) is 24.9 Å². The normalized spacial score (nSPS) is 30.3. The fraction of sp³-hybridized carbons (Fsp3) is 0.750. The Hall–Kier alpha value is -0.660. The molecular formula is C24H37NaO6. The molecule has 170 valence electrons. The average molecular weight is 445 g/mol. The summed E-state index contributed by atoms with van der Waals surface area (Å²) in [5.41, 5.74) is 1.20. The van der Waals surface area contributed by atoms with Gasteiger partial charge in [-0.1, -0.05) is 45.9 Å². The second-order valence-electron chi connectivity index (χ2n) is 9.27. The first-order valence-electron chi connectivity index (χ1n) is 11.3. The summed E-state index contributed by atoms with van der Waals surface area (Å²) in [6.45, 7) is 8.14. The molecule has 2 aliphatic carbocycles. The van der Waals surface area contributed by atoms with Crippen LogP contribution in [0, 0.1) is 29.6 Å². The van der Waals surface area contributed by atoms with E-state index in [0.717, 1.165) is 12.8 Å². The molecule has 31 heavy (non-hydrogen) atoms. The van der Waals surface area contributed by atoms with Crippen molar-refractivity contribution in [3.05, 3.63) is 23.8 Å². The standard InChI is InChI=1S/C24H38O6.Na/c1-5-15(3)24(29)30-21-11-14(2)10-17-7-6-16(4)20(23(17)21)9-8-18(25)12-19(26)13-22(27)28;/h6-7,10,14-16,18-21,23,25-26H,5,8-9,11-13H2,1-4H3,(H,27,28);/q;+1/p-1/t14-,15-,16-,18+,19-,20-,21+,23+;/m0./s1. The Bertz CT molecular complexity index is 660. The van der Waals surface area contributed by atoms with Gasteiger partial charge < -0.3 is 24.9 Å². The molecule has 8 atom stereocenters. The molecule has 0 aliphatic heterocycles. The minimum absolute atomic E-state index is 0. The van der Waals surface area contributed by atoms with Crippen LogP contribution in [0.4, 0.5) is 0 Å². The Morgan fingerprint density at radius 2 is 1.94 bits per heavy atom. The number of aliphatic hydroxyl groups excluding tert-OH is 2. The molecule has 2 N–H and O–H groups in total. The topological polar surface area (TPSA) is 107 Å². The summed E-state index contributed by atoms with van der Waals surface area (Å²) in [5.74, 6) is -0.705. The zero-order valence-electron chi connectivity index (χ0n) is 19.6. The third-order valence-electron chi connectivity index (χ3n) is 6.66. The van der Waals surface area contributed by atoms with Gasteiger partial charge >= 0.3 is 35.5 Å². The van der Waals surface area contributed by atoms with Crippen LogP contribution in [-0.4, -0.2) is 40.5 Å². The minimum Gasteiger partial charge on any atom is -0.550 e. The molecule has 6 nitrogen and oxygen atoms in total. The van der Waals surface area contributed by atoms with Crippen LogP contribution < -0.4 is 34.7 Å². The van der Waals surface area contributed by atoms with E-state index in [1.54, 1.807) is 0 Å². The van der Waals surface area contributed by atoms with Gasteiger partial charge in [0.1, 0.15) is 6.10 Å². The van der Waals surface area contributed by atoms with Crippen LogP contribution in [0.5, 0.6) is 0 Å². The number of hydrogen-bond acceptors (Lipinski definition) is 6. The van der Waals surface area contributed by atoms with Crippen molar-refractivity contribution < 1.29 is 59.2 Å². The number of carbonyl (C=O) groups is 2. The van der Waals surface area contributed by atoms with Crippen LogP contribution >= 0.6 is 0 Å². The predicted octanol–water partition coefficient (Wildman–Crippen LogP) is -0.615. The van der Waals surface area contributed by atoms with Crippen LogP contribution in [0.25, 0.3) is 0 Å². The molecule has 0 spiro atoms. The van der Waals surface area contributed by atoms with Crippen LogP contribution in [-0.2, 0) is 14.3 Å². The number of esters is 1. The maximum Gasteiger partial charge on any atom is 1.00 e. The first kappa shape index (κ1) is 28.4. The Morgan fingerprint density at radius 1 is 1.26 bits per heavy atom. The van der Waals surface area contributed by atoms with Crippen molar-refractivity contribution >= 4 is 11.9 Å². The van der Waals surface area contributed by atoms with Crippen molar-refractivity contribution in [1.29, 1.82) is 0 Å². The van der Waals surface area contributed by atoms with Crippen molar-refractivity contribution in [3.8, 4) is 0 Å². The summed E-state index contributed by atoms with van der Waals surface area (Å²) in [5, 5.41) is 30.7. The van der Waals surface area contributed by atoms with Gasteiger partial charge in [0, 0.05) is 18.3 Å². The van der Waals surface area contributed by atoms with Crippen molar-refractivity contribution in [1.82, 2.24) is 0 Å². The molecule has 0 aromatic heterocycles. The number of aliphatic hydroxyl groups is 2. The molecule has 2 aliphatic rings. The number of allylic oxidation sites excluding steroid dienone is 3. The Labute approximate surface area is 208 Å². The summed E-state index contributed by atoms with van der Waals surface area (Å²) in [4.78, 5) is 23.1. The van der Waals surface area contributed by atoms with Gasteiger partial charge in [-0.15, -0.1) is 0 Å². The van der Waals surface area contributed by atoms with Crippen LogP contribution in [0.1, 0.15) is 66.2 Å². The fourth-order valence-electron chi connectivity index (χ4n) is 4.75. The van der Waals surface area contributed by atoms with Crippen molar-refractivity contribution in [3.63, 3.8) is 0 Å². The molecule has 0 heterocycles. The zero-order valence-corrected chi connectivity index (χ0v) is 21.6. The Morgan fingerprint density at radius 3 is 2.55 bits per heavy atom. The number of carboxylic acid groups (broad SMARTS) is 1. The maximum atomic E-state index is 12.5. The fourth-order valence-corrected chi connectivity index (χ4v) is 4.75. The van der Waals surface area contributed by atoms with Gasteiger partial charge in [-0.25, -0.2) is 0 Å². The molecule has 0 saturated heterocycles. The number of ether oxygens (including phenoxy) is 1. The van der Waals surface area contributed by atoms with Crippen molar-refractivity contribution in [2.75, 3.05) is 0 Å². The van der Waals surface area contributed by atoms with E-state index in [2.05, 4.69) is 32.1 Å². The van der Waals surface area contributed by atoms with Crippen molar-refractivity contribution in [2.45, 2.75) is 84.5 Å². The monoisotopic (exact) mass is 444 g/mol. The predicted molar refractivity (Wildman–Crippen MR) is 112 cm³/mol. The van der Waals surface area contributed by atoms with Gasteiger partial charge in [0.05, 0.1) is 18.1 Å². The molecule has 0 fully saturated rings. The second kappa shape index (κ2) is 13.1. The third-order valence-corrected chi connectivity index (χ3v) is 6.66. The summed E-state index contributed by atoms with van der Waals surface area (Å²) >= 11 is 0. The van der Waals surface area contributed by atoms with Crippen LogP contribution in [0.2, 0.25) is 0 Å². The van der Waals surface area contributed by atoms with Gasteiger partial charge in [-0.05, 0) is 55.4 Å². The van der Waals surface area contributed by atoms with E-state index in [1.165, 1.54) is 5.57 Å². The Balaban J connectivity index is 0.00000480.